The smallest absolute Gasteiger partial charge is 0.119 e. The average molecular weight is 429 g/mol. The predicted molar refractivity (Wildman–Crippen MR) is 130 cm³/mol. The highest BCUT2D eigenvalue weighted by Crippen LogP contribution is 2.33. The Morgan fingerprint density at radius 3 is 2.12 bits per heavy atom. The fraction of sp³-hybridized carbons (Fsp3) is 0.517. The van der Waals surface area contributed by atoms with Crippen molar-refractivity contribution in [2.24, 2.45) is 11.8 Å². The van der Waals surface area contributed by atoms with Crippen LogP contribution in [0, 0.1) is 34.5 Å². The van der Waals surface area contributed by atoms with E-state index >= 15 is 0 Å². The molecular weight excluding hydrogens is 392 g/mol. The van der Waals surface area contributed by atoms with Crippen LogP contribution in [-0.4, -0.2) is 6.61 Å². The van der Waals surface area contributed by atoms with Crippen LogP contribution in [0.5, 0.6) is 5.75 Å². The maximum absolute atomic E-state index is 9.80. The average Bonchev–Trinajstić information content (AvgIpc) is 2.84. The molecule has 0 aromatic heterocycles. The summed E-state index contributed by atoms with van der Waals surface area (Å²) >= 11 is 0. The number of ether oxygens (including phenoxy) is 1. The van der Waals surface area contributed by atoms with E-state index in [4.69, 9.17) is 4.74 Å². The molecule has 1 aliphatic rings. The van der Waals surface area contributed by atoms with Crippen molar-refractivity contribution in [1.82, 2.24) is 0 Å². The van der Waals surface area contributed by atoms with Gasteiger partial charge in [0.2, 0.25) is 0 Å². The van der Waals surface area contributed by atoms with Crippen molar-refractivity contribution in [3.63, 3.8) is 0 Å². The van der Waals surface area contributed by atoms with E-state index in [0.717, 1.165) is 60.6 Å². The minimum Gasteiger partial charge on any atom is -0.493 e. The fourth-order valence-corrected chi connectivity index (χ4v) is 4.94. The Kier molecular flexibility index (Phi) is 9.18. The molecule has 0 unspecified atom stereocenters. The molecule has 168 valence electrons. The number of rotatable bonds is 10. The minimum atomic E-state index is 0.485. The van der Waals surface area contributed by atoms with Crippen LogP contribution in [0.2, 0.25) is 0 Å². The van der Waals surface area contributed by atoms with Crippen molar-refractivity contribution < 1.29 is 4.74 Å². The molecule has 2 aromatic carbocycles. The second-order valence-corrected chi connectivity index (χ2v) is 9.21. The van der Waals surface area contributed by atoms with Crippen molar-refractivity contribution in [1.29, 1.82) is 10.5 Å². The number of benzene rings is 2. The Morgan fingerprint density at radius 1 is 0.812 bits per heavy atom. The molecule has 1 saturated carbocycles. The Bertz CT molecular complexity index is 941. The van der Waals surface area contributed by atoms with Crippen LogP contribution in [0.3, 0.4) is 0 Å². The molecule has 0 heterocycles. The number of hydrogen-bond acceptors (Lipinski definition) is 3. The second kappa shape index (κ2) is 12.3. The molecule has 0 amide bonds. The normalized spacial score (nSPS) is 18.0. The van der Waals surface area contributed by atoms with Gasteiger partial charge in [-0.15, -0.1) is 0 Å². The molecule has 0 radical (unpaired) electrons. The van der Waals surface area contributed by atoms with E-state index in [1.54, 1.807) is 0 Å². The highest BCUT2D eigenvalue weighted by molar-refractivity contribution is 5.75. The summed E-state index contributed by atoms with van der Waals surface area (Å²) in [6.45, 7) is 5.23. The maximum atomic E-state index is 9.80. The van der Waals surface area contributed by atoms with Crippen LogP contribution >= 0.6 is 0 Å². The summed E-state index contributed by atoms with van der Waals surface area (Å²) < 4.78 is 6.09. The van der Waals surface area contributed by atoms with Gasteiger partial charge in [-0.05, 0) is 60.8 Å². The first kappa shape index (κ1) is 23.9. The summed E-state index contributed by atoms with van der Waals surface area (Å²) in [6.07, 6.45) is 12.1. The molecular formula is C29H36N2O. The van der Waals surface area contributed by atoms with E-state index in [1.165, 1.54) is 38.5 Å². The molecule has 0 bridgehead atoms. The maximum Gasteiger partial charge on any atom is 0.119 e. The van der Waals surface area contributed by atoms with Crippen LogP contribution in [0.15, 0.2) is 36.4 Å². The highest BCUT2D eigenvalue weighted by atomic mass is 16.5. The van der Waals surface area contributed by atoms with Crippen molar-refractivity contribution >= 4 is 0 Å². The third kappa shape index (κ3) is 6.14. The quantitative estimate of drug-likeness (QED) is 0.362. The Morgan fingerprint density at radius 2 is 1.50 bits per heavy atom. The van der Waals surface area contributed by atoms with Gasteiger partial charge in [0.15, 0.2) is 0 Å². The van der Waals surface area contributed by atoms with Gasteiger partial charge in [0.25, 0.3) is 0 Å². The number of unbranched alkanes of at least 4 members (excludes halogenated alkanes) is 2. The molecule has 0 spiro atoms. The standard InChI is InChI=1S/C29H36N2O/c1-3-5-6-8-24-15-18-27(29(20-31)28(24)19-30)25-13-16-26(17-14-25)32-21-23-11-9-22(7-4-2)10-12-23/h13-18,22-23H,3-12,21H2,1-2H3. The molecule has 3 heteroatoms. The molecule has 1 fully saturated rings. The van der Waals surface area contributed by atoms with Gasteiger partial charge in [0.05, 0.1) is 17.7 Å². The third-order valence-electron chi connectivity index (χ3n) is 6.88. The Balaban J connectivity index is 1.65. The van der Waals surface area contributed by atoms with Gasteiger partial charge in [-0.25, -0.2) is 0 Å². The summed E-state index contributed by atoms with van der Waals surface area (Å²) in [6, 6.07) is 16.6. The predicted octanol–water partition coefficient (Wildman–Crippen LogP) is 7.81. The number of nitriles is 2. The van der Waals surface area contributed by atoms with E-state index in [0.29, 0.717) is 17.0 Å². The van der Waals surface area contributed by atoms with Gasteiger partial charge in [-0.2, -0.15) is 10.5 Å². The van der Waals surface area contributed by atoms with Gasteiger partial charge >= 0.3 is 0 Å². The topological polar surface area (TPSA) is 56.8 Å². The lowest BCUT2D eigenvalue weighted by atomic mass is 9.80. The van der Waals surface area contributed by atoms with Crippen molar-refractivity contribution in [2.75, 3.05) is 6.61 Å². The van der Waals surface area contributed by atoms with Crippen LogP contribution in [0.4, 0.5) is 0 Å². The van der Waals surface area contributed by atoms with Crippen molar-refractivity contribution in [3.05, 3.63) is 53.1 Å². The first-order valence-electron chi connectivity index (χ1n) is 12.4. The summed E-state index contributed by atoms with van der Waals surface area (Å²) in [5, 5.41) is 19.5. The number of nitrogens with zero attached hydrogens (tertiary/aromatic N) is 2. The van der Waals surface area contributed by atoms with Crippen molar-refractivity contribution in [2.45, 2.75) is 78.1 Å². The number of aryl methyl sites for hydroxylation is 1. The van der Waals surface area contributed by atoms with E-state index < -0.39 is 0 Å². The zero-order valence-corrected chi connectivity index (χ0v) is 19.7. The monoisotopic (exact) mass is 428 g/mol. The van der Waals surface area contributed by atoms with Gasteiger partial charge in [0, 0.05) is 5.56 Å². The molecule has 0 atom stereocenters. The van der Waals surface area contributed by atoms with E-state index in [-0.39, 0.29) is 0 Å². The van der Waals surface area contributed by atoms with E-state index in [1.807, 2.05) is 36.4 Å². The first-order valence-corrected chi connectivity index (χ1v) is 12.4. The molecule has 2 aromatic rings. The van der Waals surface area contributed by atoms with Gasteiger partial charge in [-0.3, -0.25) is 0 Å². The van der Waals surface area contributed by atoms with E-state index in [9.17, 15) is 10.5 Å². The van der Waals surface area contributed by atoms with Crippen LogP contribution in [0.1, 0.15) is 88.3 Å². The lowest BCUT2D eigenvalue weighted by Crippen LogP contribution is -2.20. The number of hydrogen-bond donors (Lipinski definition) is 0. The second-order valence-electron chi connectivity index (χ2n) is 9.21. The summed E-state index contributed by atoms with van der Waals surface area (Å²) in [7, 11) is 0. The zero-order valence-electron chi connectivity index (χ0n) is 19.7. The lowest BCUT2D eigenvalue weighted by Gasteiger charge is -2.28. The molecule has 0 aliphatic heterocycles. The molecule has 1 aliphatic carbocycles. The lowest BCUT2D eigenvalue weighted by molar-refractivity contribution is 0.178. The zero-order chi connectivity index (χ0) is 22.8. The Hall–Kier alpha value is -2.78. The molecule has 32 heavy (non-hydrogen) atoms. The Labute approximate surface area is 194 Å². The molecule has 0 N–H and O–H groups in total. The largest absolute Gasteiger partial charge is 0.493 e. The van der Waals surface area contributed by atoms with Crippen LogP contribution in [0.25, 0.3) is 11.1 Å². The third-order valence-corrected chi connectivity index (χ3v) is 6.88. The first-order chi connectivity index (χ1) is 15.7. The molecule has 3 rings (SSSR count). The SMILES string of the molecule is CCCCCc1ccc(-c2ccc(OCC3CCC(CCC)CC3)cc2)c(C#N)c1C#N. The van der Waals surface area contributed by atoms with Gasteiger partial charge in [-0.1, -0.05) is 76.6 Å². The highest BCUT2D eigenvalue weighted by Gasteiger charge is 2.21. The molecule has 0 saturated heterocycles. The van der Waals surface area contributed by atoms with Crippen molar-refractivity contribution in [3.8, 4) is 29.0 Å². The molecule has 3 nitrogen and oxygen atoms in total. The van der Waals surface area contributed by atoms with Crippen LogP contribution in [-0.2, 0) is 6.42 Å². The van der Waals surface area contributed by atoms with Gasteiger partial charge < -0.3 is 4.74 Å². The van der Waals surface area contributed by atoms with Gasteiger partial charge in [0.1, 0.15) is 17.9 Å². The minimum absolute atomic E-state index is 0.485. The summed E-state index contributed by atoms with van der Waals surface area (Å²) in [5.74, 6) is 2.45. The van der Waals surface area contributed by atoms with E-state index in [2.05, 4.69) is 26.0 Å². The fourth-order valence-electron chi connectivity index (χ4n) is 4.94. The van der Waals surface area contributed by atoms with Crippen LogP contribution < -0.4 is 4.74 Å². The summed E-state index contributed by atoms with van der Waals surface area (Å²) in [5.41, 5.74) is 3.77. The summed E-state index contributed by atoms with van der Waals surface area (Å²) in [4.78, 5) is 0.